The van der Waals surface area contributed by atoms with E-state index in [9.17, 15) is 4.79 Å². The summed E-state index contributed by atoms with van der Waals surface area (Å²) in [6.45, 7) is 1.98. The van der Waals surface area contributed by atoms with Gasteiger partial charge in [0.25, 0.3) is 0 Å². The first-order valence-corrected chi connectivity index (χ1v) is 7.86. The molecule has 0 unspecified atom stereocenters. The SMILES string of the molecule is C[C@@H](CCc1ccccc1)NC(=O)Nc1ccc(Cl)c(Cl)c1. The Morgan fingerprint density at radius 1 is 1.09 bits per heavy atom. The highest BCUT2D eigenvalue weighted by Crippen LogP contribution is 2.24. The summed E-state index contributed by atoms with van der Waals surface area (Å²) in [5.41, 5.74) is 1.88. The standard InChI is InChI=1S/C17H18Cl2N2O/c1-12(7-8-13-5-3-2-4-6-13)20-17(22)21-14-9-10-15(18)16(19)11-14/h2-6,9-12H,7-8H2,1H3,(H2,20,21,22)/t12-/m0/s1. The second-order valence-electron chi connectivity index (χ2n) is 5.15. The molecule has 116 valence electrons. The van der Waals surface area contributed by atoms with Crippen molar-refractivity contribution in [3.05, 3.63) is 64.1 Å². The third-order valence-electron chi connectivity index (χ3n) is 3.26. The Bertz CT molecular complexity index is 632. The molecule has 1 atom stereocenters. The van der Waals surface area contributed by atoms with Crippen LogP contribution < -0.4 is 10.6 Å². The Morgan fingerprint density at radius 3 is 2.50 bits per heavy atom. The maximum Gasteiger partial charge on any atom is 0.319 e. The molecular weight excluding hydrogens is 319 g/mol. The van der Waals surface area contributed by atoms with Gasteiger partial charge in [0, 0.05) is 11.7 Å². The zero-order valence-electron chi connectivity index (χ0n) is 12.3. The molecule has 0 aliphatic rings. The number of benzene rings is 2. The summed E-state index contributed by atoms with van der Waals surface area (Å²) >= 11 is 11.8. The van der Waals surface area contributed by atoms with Crippen molar-refractivity contribution in [3.63, 3.8) is 0 Å². The summed E-state index contributed by atoms with van der Waals surface area (Å²) in [5.74, 6) is 0. The lowest BCUT2D eigenvalue weighted by Gasteiger charge is -2.15. The predicted molar refractivity (Wildman–Crippen MR) is 92.8 cm³/mol. The summed E-state index contributed by atoms with van der Waals surface area (Å²) < 4.78 is 0. The van der Waals surface area contributed by atoms with E-state index < -0.39 is 0 Å². The van der Waals surface area contributed by atoms with Gasteiger partial charge in [-0.1, -0.05) is 53.5 Å². The van der Waals surface area contributed by atoms with E-state index in [1.807, 2.05) is 25.1 Å². The molecule has 0 fully saturated rings. The van der Waals surface area contributed by atoms with Gasteiger partial charge in [0.05, 0.1) is 10.0 Å². The number of rotatable bonds is 5. The smallest absolute Gasteiger partial charge is 0.319 e. The van der Waals surface area contributed by atoms with Gasteiger partial charge in [-0.05, 0) is 43.5 Å². The number of anilines is 1. The molecule has 0 spiro atoms. The number of carbonyl (C=O) groups is 1. The molecule has 0 heterocycles. The average Bonchev–Trinajstić information content (AvgIpc) is 2.50. The van der Waals surface area contributed by atoms with Crippen LogP contribution in [0.2, 0.25) is 10.0 Å². The van der Waals surface area contributed by atoms with Gasteiger partial charge in [0.2, 0.25) is 0 Å². The van der Waals surface area contributed by atoms with Gasteiger partial charge < -0.3 is 10.6 Å². The quantitative estimate of drug-likeness (QED) is 0.780. The molecule has 2 aromatic carbocycles. The van der Waals surface area contributed by atoms with E-state index >= 15 is 0 Å². The van der Waals surface area contributed by atoms with Crippen LogP contribution in [0.15, 0.2) is 48.5 Å². The third kappa shape index (κ3) is 5.24. The normalized spacial score (nSPS) is 11.8. The minimum Gasteiger partial charge on any atom is -0.335 e. The van der Waals surface area contributed by atoms with Crippen molar-refractivity contribution in [1.29, 1.82) is 0 Å². The summed E-state index contributed by atoms with van der Waals surface area (Å²) in [5, 5.41) is 6.53. The van der Waals surface area contributed by atoms with E-state index in [2.05, 4.69) is 22.8 Å². The number of nitrogens with one attached hydrogen (secondary N) is 2. The predicted octanol–water partition coefficient (Wildman–Crippen LogP) is 5.14. The molecule has 0 bridgehead atoms. The van der Waals surface area contributed by atoms with Gasteiger partial charge in [0.1, 0.15) is 0 Å². The van der Waals surface area contributed by atoms with Crippen molar-refractivity contribution in [3.8, 4) is 0 Å². The number of aryl methyl sites for hydroxylation is 1. The van der Waals surface area contributed by atoms with Gasteiger partial charge in [-0.3, -0.25) is 0 Å². The molecule has 0 aromatic heterocycles. The van der Waals surface area contributed by atoms with E-state index in [-0.39, 0.29) is 12.1 Å². The highest BCUT2D eigenvalue weighted by Gasteiger charge is 2.08. The van der Waals surface area contributed by atoms with Crippen LogP contribution >= 0.6 is 23.2 Å². The molecule has 2 N–H and O–H groups in total. The molecule has 0 saturated carbocycles. The van der Waals surface area contributed by atoms with E-state index in [4.69, 9.17) is 23.2 Å². The Morgan fingerprint density at radius 2 is 1.82 bits per heavy atom. The van der Waals surface area contributed by atoms with Crippen LogP contribution in [0.5, 0.6) is 0 Å². The zero-order chi connectivity index (χ0) is 15.9. The molecule has 2 aromatic rings. The van der Waals surface area contributed by atoms with Gasteiger partial charge in [0.15, 0.2) is 0 Å². The highest BCUT2D eigenvalue weighted by atomic mass is 35.5. The van der Waals surface area contributed by atoms with Gasteiger partial charge in [-0.15, -0.1) is 0 Å². The summed E-state index contributed by atoms with van der Waals surface area (Å²) in [6, 6.07) is 15.0. The van der Waals surface area contributed by atoms with Gasteiger partial charge in [-0.2, -0.15) is 0 Å². The molecule has 0 aliphatic heterocycles. The molecule has 22 heavy (non-hydrogen) atoms. The zero-order valence-corrected chi connectivity index (χ0v) is 13.8. The van der Waals surface area contributed by atoms with Gasteiger partial charge in [-0.25, -0.2) is 4.79 Å². The Labute approximate surface area is 140 Å². The number of hydrogen-bond donors (Lipinski definition) is 2. The van der Waals surface area contributed by atoms with Crippen molar-refractivity contribution in [2.75, 3.05) is 5.32 Å². The van der Waals surface area contributed by atoms with Crippen LogP contribution in [0.3, 0.4) is 0 Å². The molecule has 0 radical (unpaired) electrons. The van der Waals surface area contributed by atoms with Crippen molar-refractivity contribution >= 4 is 34.9 Å². The highest BCUT2D eigenvalue weighted by molar-refractivity contribution is 6.42. The van der Waals surface area contributed by atoms with Crippen LogP contribution in [0.4, 0.5) is 10.5 Å². The van der Waals surface area contributed by atoms with E-state index in [1.165, 1.54) is 5.56 Å². The van der Waals surface area contributed by atoms with Crippen LogP contribution in [0, 0.1) is 0 Å². The second-order valence-corrected chi connectivity index (χ2v) is 5.97. The Kier molecular flexibility index (Phi) is 6.10. The van der Waals surface area contributed by atoms with Gasteiger partial charge >= 0.3 is 6.03 Å². The minimum atomic E-state index is -0.251. The molecule has 0 saturated heterocycles. The number of urea groups is 1. The van der Waals surface area contributed by atoms with Crippen LogP contribution in [0.25, 0.3) is 0 Å². The number of amides is 2. The largest absolute Gasteiger partial charge is 0.335 e. The summed E-state index contributed by atoms with van der Waals surface area (Å²) in [6.07, 6.45) is 1.80. The van der Waals surface area contributed by atoms with Crippen LogP contribution in [-0.4, -0.2) is 12.1 Å². The first-order chi connectivity index (χ1) is 10.5. The van der Waals surface area contributed by atoms with E-state index in [0.29, 0.717) is 15.7 Å². The fourth-order valence-electron chi connectivity index (χ4n) is 2.06. The minimum absolute atomic E-state index is 0.0722. The fourth-order valence-corrected chi connectivity index (χ4v) is 2.36. The van der Waals surface area contributed by atoms with Crippen molar-refractivity contribution in [2.24, 2.45) is 0 Å². The van der Waals surface area contributed by atoms with E-state index in [1.54, 1.807) is 18.2 Å². The first kappa shape index (κ1) is 16.7. The Hall–Kier alpha value is -1.71. The van der Waals surface area contributed by atoms with Crippen molar-refractivity contribution in [2.45, 2.75) is 25.8 Å². The van der Waals surface area contributed by atoms with Crippen molar-refractivity contribution < 1.29 is 4.79 Å². The number of hydrogen-bond acceptors (Lipinski definition) is 1. The fraction of sp³-hybridized carbons (Fsp3) is 0.235. The van der Waals surface area contributed by atoms with Crippen LogP contribution in [0.1, 0.15) is 18.9 Å². The molecule has 5 heteroatoms. The number of carbonyl (C=O) groups excluding carboxylic acids is 1. The third-order valence-corrected chi connectivity index (χ3v) is 4.00. The number of halogens is 2. The summed E-state index contributed by atoms with van der Waals surface area (Å²) in [4.78, 5) is 11.9. The molecule has 2 amide bonds. The second kappa shape index (κ2) is 8.06. The molecule has 2 rings (SSSR count). The lowest BCUT2D eigenvalue weighted by Crippen LogP contribution is -2.36. The topological polar surface area (TPSA) is 41.1 Å². The lowest BCUT2D eigenvalue weighted by atomic mass is 10.1. The van der Waals surface area contributed by atoms with Crippen LogP contribution in [-0.2, 0) is 6.42 Å². The average molecular weight is 337 g/mol. The van der Waals surface area contributed by atoms with Crippen molar-refractivity contribution in [1.82, 2.24) is 5.32 Å². The lowest BCUT2D eigenvalue weighted by molar-refractivity contribution is 0.248. The molecule has 0 aliphatic carbocycles. The first-order valence-electron chi connectivity index (χ1n) is 7.11. The maximum absolute atomic E-state index is 11.9. The molecular formula is C17H18Cl2N2O. The Balaban J connectivity index is 1.79. The van der Waals surface area contributed by atoms with E-state index in [0.717, 1.165) is 12.8 Å². The summed E-state index contributed by atoms with van der Waals surface area (Å²) in [7, 11) is 0. The maximum atomic E-state index is 11.9. The molecule has 3 nitrogen and oxygen atoms in total. The monoisotopic (exact) mass is 336 g/mol.